The smallest absolute Gasteiger partial charge is 0.137 e. The summed E-state index contributed by atoms with van der Waals surface area (Å²) in [5.74, 6) is 1.70. The van der Waals surface area contributed by atoms with Crippen molar-refractivity contribution in [1.29, 1.82) is 0 Å². The third-order valence-corrected chi connectivity index (χ3v) is 7.08. The number of nitrogens with two attached hydrogens (primary N) is 1. The molecular weight excluding hydrogens is 412 g/mol. The van der Waals surface area contributed by atoms with Crippen molar-refractivity contribution < 1.29 is 9.84 Å². The average molecular weight is 445 g/mol. The van der Waals surface area contributed by atoms with Gasteiger partial charge in [-0.05, 0) is 51.8 Å². The van der Waals surface area contributed by atoms with Crippen molar-refractivity contribution in [3.8, 4) is 5.75 Å². The van der Waals surface area contributed by atoms with Crippen LogP contribution in [0.3, 0.4) is 0 Å². The van der Waals surface area contributed by atoms with Crippen molar-refractivity contribution >= 4 is 29.0 Å². The van der Waals surface area contributed by atoms with E-state index in [4.69, 9.17) is 10.5 Å². The monoisotopic (exact) mass is 444 g/mol. The van der Waals surface area contributed by atoms with E-state index < -0.39 is 0 Å². The molecule has 0 radical (unpaired) electrons. The van der Waals surface area contributed by atoms with Crippen LogP contribution in [0.1, 0.15) is 33.6 Å². The minimum Gasteiger partial charge on any atom is -0.488 e. The first-order valence-corrected chi connectivity index (χ1v) is 11.7. The first kappa shape index (κ1) is 22.0. The first-order valence-electron chi connectivity index (χ1n) is 10.8. The Morgan fingerprint density at radius 3 is 2.71 bits per heavy atom. The Labute approximate surface area is 187 Å². The summed E-state index contributed by atoms with van der Waals surface area (Å²) in [5, 5.41) is 21.4. The van der Waals surface area contributed by atoms with Crippen molar-refractivity contribution in [3.63, 3.8) is 0 Å². The van der Waals surface area contributed by atoms with Gasteiger partial charge in [0.2, 0.25) is 0 Å². The number of aromatic nitrogens is 2. The van der Waals surface area contributed by atoms with Gasteiger partial charge in [-0.2, -0.15) is 5.10 Å². The van der Waals surface area contributed by atoms with Gasteiger partial charge in [-0.25, -0.2) is 4.99 Å². The predicted octanol–water partition coefficient (Wildman–Crippen LogP) is 2.76. The van der Waals surface area contributed by atoms with Crippen molar-refractivity contribution in [2.75, 3.05) is 26.2 Å². The summed E-state index contributed by atoms with van der Waals surface area (Å²) in [4.78, 5) is 8.92. The van der Waals surface area contributed by atoms with Gasteiger partial charge in [-0.1, -0.05) is 11.8 Å². The van der Waals surface area contributed by atoms with Gasteiger partial charge in [0, 0.05) is 43.0 Å². The highest BCUT2D eigenvalue weighted by Gasteiger charge is 2.40. The number of rotatable bonds is 8. The SMILES string of the molecule is CC(O)C(C)N1CCN(C(=C/Sc2n[nH]c3ccc(OC4(C)CC4)cc23)/N=C\N)CC1. The highest BCUT2D eigenvalue weighted by atomic mass is 32.2. The maximum atomic E-state index is 9.87. The molecule has 8 nitrogen and oxygen atoms in total. The van der Waals surface area contributed by atoms with Gasteiger partial charge in [-0.3, -0.25) is 10.00 Å². The molecular formula is C22H32N6O2S. The fourth-order valence-corrected chi connectivity index (χ4v) is 4.54. The molecule has 4 N–H and O–H groups in total. The molecule has 0 spiro atoms. The average Bonchev–Trinajstić information content (AvgIpc) is 3.35. The van der Waals surface area contributed by atoms with Crippen molar-refractivity contribution in [1.82, 2.24) is 20.0 Å². The Hall–Kier alpha value is -2.23. The van der Waals surface area contributed by atoms with E-state index in [0.29, 0.717) is 0 Å². The summed E-state index contributed by atoms with van der Waals surface area (Å²) in [6, 6.07) is 6.21. The highest BCUT2D eigenvalue weighted by Crippen LogP contribution is 2.40. The Bertz CT molecular complexity index is 960. The van der Waals surface area contributed by atoms with E-state index in [-0.39, 0.29) is 17.7 Å². The van der Waals surface area contributed by atoms with E-state index in [1.165, 1.54) is 18.1 Å². The summed E-state index contributed by atoms with van der Waals surface area (Å²) in [6.07, 6.45) is 3.19. The number of aliphatic hydroxyl groups excluding tert-OH is 1. The van der Waals surface area contributed by atoms with Gasteiger partial charge in [0.25, 0.3) is 0 Å². The molecule has 1 saturated carbocycles. The number of nitrogens with zero attached hydrogens (tertiary/aromatic N) is 4. The summed E-state index contributed by atoms with van der Waals surface area (Å²) < 4.78 is 6.11. The van der Waals surface area contributed by atoms with Crippen LogP contribution in [-0.2, 0) is 0 Å². The maximum Gasteiger partial charge on any atom is 0.137 e. The topological polar surface area (TPSA) is 103 Å². The zero-order chi connectivity index (χ0) is 22.0. The molecule has 0 amide bonds. The number of aromatic amines is 1. The lowest BCUT2D eigenvalue weighted by molar-refractivity contribution is 0.0429. The summed E-state index contributed by atoms with van der Waals surface area (Å²) >= 11 is 1.53. The molecule has 2 atom stereocenters. The number of H-pyrrole nitrogens is 1. The van der Waals surface area contributed by atoms with E-state index >= 15 is 0 Å². The second-order valence-electron chi connectivity index (χ2n) is 8.66. The number of piperazine rings is 1. The molecule has 9 heteroatoms. The molecule has 2 aliphatic rings. The van der Waals surface area contributed by atoms with Gasteiger partial charge in [0.15, 0.2) is 0 Å². The van der Waals surface area contributed by atoms with E-state index in [0.717, 1.165) is 66.5 Å². The number of nitrogens with one attached hydrogen (secondary N) is 1. The lowest BCUT2D eigenvalue weighted by Gasteiger charge is -2.39. The van der Waals surface area contributed by atoms with Crippen LogP contribution in [0.2, 0.25) is 0 Å². The Kier molecular flexibility index (Phi) is 6.45. The minimum absolute atomic E-state index is 0.0128. The third-order valence-electron chi connectivity index (χ3n) is 6.21. The van der Waals surface area contributed by atoms with Gasteiger partial charge in [0.05, 0.1) is 18.0 Å². The van der Waals surface area contributed by atoms with Crippen molar-refractivity contribution in [2.24, 2.45) is 10.7 Å². The summed E-state index contributed by atoms with van der Waals surface area (Å²) in [7, 11) is 0. The van der Waals surface area contributed by atoms with Crippen LogP contribution in [0.15, 0.2) is 39.4 Å². The molecule has 31 heavy (non-hydrogen) atoms. The quantitative estimate of drug-likeness (QED) is 0.327. The molecule has 1 saturated heterocycles. The normalized spacial score (nSPS) is 21.5. The van der Waals surface area contributed by atoms with Crippen molar-refractivity contribution in [3.05, 3.63) is 29.4 Å². The van der Waals surface area contributed by atoms with Crippen LogP contribution in [0.5, 0.6) is 5.75 Å². The van der Waals surface area contributed by atoms with Crippen molar-refractivity contribution in [2.45, 2.75) is 56.4 Å². The molecule has 1 aliphatic carbocycles. The highest BCUT2D eigenvalue weighted by molar-refractivity contribution is 8.02. The van der Waals surface area contributed by atoms with Gasteiger partial charge in [0.1, 0.15) is 22.2 Å². The Morgan fingerprint density at radius 2 is 2.06 bits per heavy atom. The number of benzene rings is 1. The number of thioether (sulfide) groups is 1. The van der Waals surface area contributed by atoms with Crippen LogP contribution >= 0.6 is 11.8 Å². The molecule has 2 heterocycles. The second-order valence-corrected chi connectivity index (χ2v) is 9.52. The van der Waals surface area contributed by atoms with Crippen LogP contribution in [0.25, 0.3) is 10.9 Å². The fraction of sp³-hybridized carbons (Fsp3) is 0.545. The van der Waals surface area contributed by atoms with E-state index in [2.05, 4.69) is 44.9 Å². The summed E-state index contributed by atoms with van der Waals surface area (Å²) in [6.45, 7) is 9.46. The molecule has 168 valence electrons. The number of hydrogen-bond donors (Lipinski definition) is 3. The molecule has 1 aromatic carbocycles. The molecule has 2 aromatic rings. The number of ether oxygens (including phenoxy) is 1. The maximum absolute atomic E-state index is 9.87. The zero-order valence-corrected chi connectivity index (χ0v) is 19.2. The minimum atomic E-state index is -0.344. The predicted molar refractivity (Wildman–Crippen MR) is 125 cm³/mol. The van der Waals surface area contributed by atoms with Gasteiger partial charge < -0.3 is 20.5 Å². The molecule has 2 fully saturated rings. The Balaban J connectivity index is 1.46. The standard InChI is InChI=1S/C22H32N6O2S/c1-15(16(2)29)27-8-10-28(11-9-27)20(24-14-23)13-31-21-18-12-17(30-22(3)6-7-22)4-5-19(18)25-26-21/h4-5,12-16,29H,6-11H2,1-3H3,(H2,23,24)(H,25,26)/b20-13+. The lowest BCUT2D eigenvalue weighted by Crippen LogP contribution is -2.51. The van der Waals surface area contributed by atoms with Crippen LogP contribution in [-0.4, -0.2) is 75.4 Å². The van der Waals surface area contributed by atoms with Gasteiger partial charge >= 0.3 is 0 Å². The number of fused-ring (bicyclic) bond motifs is 1. The number of aliphatic imine (C=N–C) groups is 1. The molecule has 1 aliphatic heterocycles. The third kappa shape index (κ3) is 5.16. The molecule has 2 unspecified atom stereocenters. The molecule has 0 bridgehead atoms. The van der Waals surface area contributed by atoms with Gasteiger partial charge in [-0.15, -0.1) is 0 Å². The first-order chi connectivity index (χ1) is 14.9. The van der Waals surface area contributed by atoms with Crippen LogP contribution in [0.4, 0.5) is 0 Å². The summed E-state index contributed by atoms with van der Waals surface area (Å²) in [5.41, 5.74) is 6.59. The van der Waals surface area contributed by atoms with Crippen LogP contribution in [0, 0.1) is 0 Å². The zero-order valence-electron chi connectivity index (χ0n) is 18.4. The second kappa shape index (κ2) is 9.10. The van der Waals surface area contributed by atoms with Crippen LogP contribution < -0.4 is 10.5 Å². The lowest BCUT2D eigenvalue weighted by atomic mass is 10.1. The fourth-order valence-electron chi connectivity index (χ4n) is 3.72. The van der Waals surface area contributed by atoms with E-state index in [1.807, 2.05) is 24.5 Å². The van der Waals surface area contributed by atoms with E-state index in [1.54, 1.807) is 0 Å². The number of hydrogen-bond acceptors (Lipinski definition) is 7. The largest absolute Gasteiger partial charge is 0.488 e. The van der Waals surface area contributed by atoms with E-state index in [9.17, 15) is 5.11 Å². The number of aliphatic hydroxyl groups is 1. The Morgan fingerprint density at radius 1 is 1.32 bits per heavy atom. The molecule has 4 rings (SSSR count). The molecule has 1 aromatic heterocycles.